The number of amides is 2. The minimum Gasteiger partial charge on any atom is -0.493 e. The predicted octanol–water partition coefficient (Wildman–Crippen LogP) is 9.18. The number of methoxy groups -OCH3 is 4. The number of fused-ring (bicyclic) bond motifs is 2. The summed E-state index contributed by atoms with van der Waals surface area (Å²) >= 11 is 13.9. The van der Waals surface area contributed by atoms with Crippen LogP contribution < -0.4 is 44.8 Å². The number of nitrogen functional groups attached to an aromatic ring is 1. The molecule has 0 spiro atoms. The Kier molecular flexibility index (Phi) is 12.0. The molecule has 7 rings (SSSR count). The molecule has 282 valence electrons. The second-order valence-corrected chi connectivity index (χ2v) is 13.2. The fraction of sp³-hybridized carbons (Fsp3) is 0.135. The number of benzene rings is 4. The van der Waals surface area contributed by atoms with Crippen molar-refractivity contribution in [3.63, 3.8) is 0 Å². The first-order valence-corrected chi connectivity index (χ1v) is 17.6. The van der Waals surface area contributed by atoms with Gasteiger partial charge in [0.1, 0.15) is 24.2 Å². The van der Waals surface area contributed by atoms with Gasteiger partial charge in [0.25, 0.3) is 0 Å². The number of urea groups is 1. The Hall–Kier alpha value is -6.36. The van der Waals surface area contributed by atoms with Gasteiger partial charge in [-0.2, -0.15) is 0 Å². The molecule has 0 saturated carbocycles. The number of ether oxygens (including phenoxy) is 6. The van der Waals surface area contributed by atoms with E-state index in [2.05, 4.69) is 35.6 Å². The average Bonchev–Trinajstić information content (AvgIpc) is 3.59. The molecule has 3 aromatic heterocycles. The molecular formula is C37H32Cl2N8O7S. The van der Waals surface area contributed by atoms with Crippen LogP contribution >= 0.6 is 34.5 Å². The highest BCUT2D eigenvalue weighted by atomic mass is 35.5. The van der Waals surface area contributed by atoms with Crippen LogP contribution in [-0.4, -0.2) is 59.4 Å². The van der Waals surface area contributed by atoms with E-state index in [0.717, 1.165) is 4.88 Å². The molecule has 0 aliphatic carbocycles. The highest BCUT2D eigenvalue weighted by Gasteiger charge is 2.16. The normalized spacial score (nSPS) is 10.6. The van der Waals surface area contributed by atoms with Crippen LogP contribution in [0.3, 0.4) is 0 Å². The molecule has 4 aromatic carbocycles. The number of nitrogens with one attached hydrogen (secondary N) is 2. The first-order chi connectivity index (χ1) is 26.6. The van der Waals surface area contributed by atoms with Crippen LogP contribution in [0.15, 0.2) is 79.5 Å². The highest BCUT2D eigenvalue weighted by Crippen LogP contribution is 2.39. The van der Waals surface area contributed by atoms with E-state index in [1.165, 1.54) is 24.0 Å². The van der Waals surface area contributed by atoms with Gasteiger partial charge in [0.15, 0.2) is 28.1 Å². The Bertz CT molecular complexity index is 2510. The van der Waals surface area contributed by atoms with Crippen molar-refractivity contribution >= 4 is 78.9 Å². The van der Waals surface area contributed by atoms with Gasteiger partial charge in [0.05, 0.1) is 60.3 Å². The molecule has 0 aliphatic heterocycles. The van der Waals surface area contributed by atoms with Gasteiger partial charge in [0, 0.05) is 34.6 Å². The van der Waals surface area contributed by atoms with Crippen molar-refractivity contribution in [1.29, 1.82) is 0 Å². The summed E-state index contributed by atoms with van der Waals surface area (Å²) in [5.74, 6) is 3.69. The van der Waals surface area contributed by atoms with Crippen LogP contribution in [0.25, 0.3) is 21.8 Å². The summed E-state index contributed by atoms with van der Waals surface area (Å²) in [6, 6.07) is 16.5. The lowest BCUT2D eigenvalue weighted by Gasteiger charge is -2.13. The van der Waals surface area contributed by atoms with Gasteiger partial charge in [0.2, 0.25) is 11.8 Å². The SMILES string of the molecule is COc1cc2ncnc(Oc3ccc(N)cc3Cl)c2cc1OC.COc1cc2ncnc(Oc3ccc(NC(=O)Nc4ncc(C)s4)cc3Cl)c2cc1OC. The third kappa shape index (κ3) is 9.06. The first kappa shape index (κ1) is 38.4. The van der Waals surface area contributed by atoms with Crippen molar-refractivity contribution in [2.24, 2.45) is 0 Å². The number of nitrogens with two attached hydrogens (primary N) is 1. The van der Waals surface area contributed by atoms with Crippen molar-refractivity contribution in [1.82, 2.24) is 24.9 Å². The second kappa shape index (κ2) is 17.2. The summed E-state index contributed by atoms with van der Waals surface area (Å²) in [4.78, 5) is 34.1. The maximum absolute atomic E-state index is 12.2. The minimum absolute atomic E-state index is 0.292. The van der Waals surface area contributed by atoms with Gasteiger partial charge in [-0.1, -0.05) is 23.2 Å². The summed E-state index contributed by atoms with van der Waals surface area (Å²) in [6.07, 6.45) is 4.48. The molecule has 7 aromatic rings. The number of carbonyl (C=O) groups is 1. The zero-order valence-corrected chi connectivity index (χ0v) is 32.2. The molecule has 0 fully saturated rings. The summed E-state index contributed by atoms with van der Waals surface area (Å²) in [5, 5.41) is 7.88. The van der Waals surface area contributed by atoms with Gasteiger partial charge in [-0.05, 0) is 55.5 Å². The zero-order chi connectivity index (χ0) is 39.1. The molecule has 0 unspecified atom stereocenters. The molecule has 4 N–H and O–H groups in total. The van der Waals surface area contributed by atoms with E-state index in [9.17, 15) is 4.79 Å². The quantitative estimate of drug-likeness (QED) is 0.111. The molecule has 55 heavy (non-hydrogen) atoms. The Morgan fingerprint density at radius 1 is 0.636 bits per heavy atom. The second-order valence-electron chi connectivity index (χ2n) is 11.2. The maximum atomic E-state index is 12.2. The Labute approximate surface area is 328 Å². The lowest BCUT2D eigenvalue weighted by atomic mass is 10.2. The Morgan fingerprint density at radius 2 is 1.15 bits per heavy atom. The van der Waals surface area contributed by atoms with Crippen molar-refractivity contribution in [2.45, 2.75) is 6.92 Å². The summed E-state index contributed by atoms with van der Waals surface area (Å²) in [6.45, 7) is 1.91. The standard InChI is InChI=1S/C21H18ClN5O4S.C16H14ClN3O3/c1-11-9-23-21(32-11)27-20(28)26-12-4-5-16(14(22)6-12)31-19-13-7-17(29-2)18(30-3)8-15(13)24-10-25-19;1-21-14-6-10-12(7-15(14)22-2)19-8-20-16(10)23-13-4-3-9(18)5-11(13)17/h4-10H,1-3H3,(H2,23,26,27,28);3-8H,18H2,1-2H3. The molecule has 0 bridgehead atoms. The van der Waals surface area contributed by atoms with E-state index in [4.69, 9.17) is 57.4 Å². The number of thiazole rings is 1. The molecule has 3 heterocycles. The summed E-state index contributed by atoms with van der Waals surface area (Å²) < 4.78 is 33.0. The van der Waals surface area contributed by atoms with Crippen molar-refractivity contribution < 1.29 is 33.2 Å². The monoisotopic (exact) mass is 802 g/mol. The number of rotatable bonds is 10. The average molecular weight is 804 g/mol. The third-order valence-corrected chi connectivity index (χ3v) is 9.03. The molecule has 2 amide bonds. The molecule has 0 saturated heterocycles. The number of hydrogen-bond donors (Lipinski definition) is 3. The van der Waals surface area contributed by atoms with Crippen molar-refractivity contribution in [3.8, 4) is 46.3 Å². The topological polar surface area (TPSA) is 187 Å². The first-order valence-electron chi connectivity index (χ1n) is 16.0. The van der Waals surface area contributed by atoms with E-state index in [-0.39, 0.29) is 0 Å². The number of hydrogen-bond acceptors (Lipinski definition) is 14. The molecule has 15 nitrogen and oxygen atoms in total. The third-order valence-electron chi connectivity index (χ3n) is 7.61. The fourth-order valence-corrected chi connectivity index (χ4v) is 6.13. The smallest absolute Gasteiger partial charge is 0.325 e. The largest absolute Gasteiger partial charge is 0.493 e. The molecule has 18 heteroatoms. The lowest BCUT2D eigenvalue weighted by Crippen LogP contribution is -2.19. The molecule has 0 aliphatic rings. The van der Waals surface area contributed by atoms with E-state index in [0.29, 0.717) is 94.6 Å². The maximum Gasteiger partial charge on any atom is 0.325 e. The number of carbonyl (C=O) groups excluding carboxylic acids is 1. The molecular weight excluding hydrogens is 771 g/mol. The van der Waals surface area contributed by atoms with Gasteiger partial charge in [-0.15, -0.1) is 11.3 Å². The van der Waals surface area contributed by atoms with Crippen LogP contribution in [0, 0.1) is 6.92 Å². The number of halogens is 2. The van der Waals surface area contributed by atoms with Gasteiger partial charge in [-0.3, -0.25) is 5.32 Å². The minimum atomic E-state index is -0.424. The van der Waals surface area contributed by atoms with Crippen LogP contribution in [0.4, 0.5) is 21.3 Å². The molecule has 0 radical (unpaired) electrons. The molecule has 0 atom stereocenters. The van der Waals surface area contributed by atoms with Crippen molar-refractivity contribution in [2.75, 3.05) is 44.8 Å². The van der Waals surface area contributed by atoms with Crippen LogP contribution in [0.2, 0.25) is 10.0 Å². The summed E-state index contributed by atoms with van der Waals surface area (Å²) in [7, 11) is 6.22. The number of aromatic nitrogens is 5. The van der Waals surface area contributed by atoms with Crippen molar-refractivity contribution in [3.05, 3.63) is 94.4 Å². The van der Waals surface area contributed by atoms with Gasteiger partial charge in [-0.25, -0.2) is 29.7 Å². The van der Waals surface area contributed by atoms with Crippen LogP contribution in [0.1, 0.15) is 4.88 Å². The fourth-order valence-electron chi connectivity index (χ4n) is 5.02. The Morgan fingerprint density at radius 3 is 1.62 bits per heavy atom. The van der Waals surface area contributed by atoms with Gasteiger partial charge < -0.3 is 39.5 Å². The van der Waals surface area contributed by atoms with E-state index < -0.39 is 6.03 Å². The Balaban J connectivity index is 0.000000197. The van der Waals surface area contributed by atoms with E-state index >= 15 is 0 Å². The zero-order valence-electron chi connectivity index (χ0n) is 29.8. The lowest BCUT2D eigenvalue weighted by molar-refractivity contribution is 0.262. The van der Waals surface area contributed by atoms with Crippen LogP contribution in [0.5, 0.6) is 46.3 Å². The predicted molar refractivity (Wildman–Crippen MR) is 212 cm³/mol. The summed E-state index contributed by atoms with van der Waals surface area (Å²) in [5.41, 5.74) is 8.02. The van der Waals surface area contributed by atoms with Gasteiger partial charge >= 0.3 is 6.03 Å². The number of nitrogens with zero attached hydrogens (tertiary/aromatic N) is 5. The number of anilines is 3. The van der Waals surface area contributed by atoms with E-state index in [1.807, 2.05) is 6.92 Å². The van der Waals surface area contributed by atoms with Crippen LogP contribution in [-0.2, 0) is 0 Å². The highest BCUT2D eigenvalue weighted by molar-refractivity contribution is 7.15. The number of aryl methyl sites for hydroxylation is 1. The van der Waals surface area contributed by atoms with E-state index in [1.54, 1.807) is 95.3 Å².